The third-order valence-corrected chi connectivity index (χ3v) is 1.63. The average molecular weight is 155 g/mol. The minimum Gasteiger partial charge on any atom is -0.378 e. The summed E-state index contributed by atoms with van der Waals surface area (Å²) in [7, 11) is 0. The molecule has 0 aliphatic carbocycles. The normalized spacial score (nSPS) is 10.5. The number of ketones is 1. The second-order valence-corrected chi connectivity index (χ2v) is 2.36. The van der Waals surface area contributed by atoms with Crippen LogP contribution in [0.3, 0.4) is 0 Å². The van der Waals surface area contributed by atoms with E-state index in [-0.39, 0.29) is 5.78 Å². The first-order chi connectivity index (χ1) is 5.24. The summed E-state index contributed by atoms with van der Waals surface area (Å²) in [4.78, 5) is 12.9. The molecule has 0 saturated carbocycles. The summed E-state index contributed by atoms with van der Waals surface area (Å²) in [5.74, 6) is 0.192. The van der Waals surface area contributed by atoms with Gasteiger partial charge >= 0.3 is 0 Å². The lowest BCUT2D eigenvalue weighted by Gasteiger charge is -2.13. The summed E-state index contributed by atoms with van der Waals surface area (Å²) in [6, 6.07) is 0. The standard InChI is InChI=1S/C9H17NO/c1-4-9(11)7-8-10(5-2)6-3/h7-8H,4-6H2,1-3H3. The van der Waals surface area contributed by atoms with Crippen LogP contribution in [0.15, 0.2) is 12.3 Å². The average Bonchev–Trinajstić information content (AvgIpc) is 2.06. The predicted octanol–water partition coefficient (Wildman–Crippen LogP) is 1.82. The molecule has 0 aromatic carbocycles. The number of rotatable bonds is 5. The maximum atomic E-state index is 10.8. The molecule has 0 amide bonds. The molecule has 0 unspecified atom stereocenters. The number of hydrogen-bond donors (Lipinski definition) is 0. The van der Waals surface area contributed by atoms with Crippen LogP contribution in [0.25, 0.3) is 0 Å². The molecule has 64 valence electrons. The van der Waals surface area contributed by atoms with Gasteiger partial charge in [-0.1, -0.05) is 6.92 Å². The zero-order chi connectivity index (χ0) is 8.69. The zero-order valence-electron chi connectivity index (χ0n) is 7.63. The summed E-state index contributed by atoms with van der Waals surface area (Å²) >= 11 is 0. The van der Waals surface area contributed by atoms with Crippen LogP contribution in [0.1, 0.15) is 27.2 Å². The Morgan fingerprint density at radius 1 is 1.27 bits per heavy atom. The second-order valence-electron chi connectivity index (χ2n) is 2.36. The molecule has 0 aromatic heterocycles. The van der Waals surface area contributed by atoms with Crippen molar-refractivity contribution in [2.45, 2.75) is 27.2 Å². The monoisotopic (exact) mass is 155 g/mol. The van der Waals surface area contributed by atoms with Crippen molar-refractivity contribution in [2.75, 3.05) is 13.1 Å². The molecular weight excluding hydrogens is 138 g/mol. The van der Waals surface area contributed by atoms with E-state index in [0.29, 0.717) is 6.42 Å². The lowest BCUT2D eigenvalue weighted by Crippen LogP contribution is -2.15. The molecule has 0 bridgehead atoms. The van der Waals surface area contributed by atoms with Gasteiger partial charge in [-0.2, -0.15) is 0 Å². The Morgan fingerprint density at radius 3 is 2.18 bits per heavy atom. The van der Waals surface area contributed by atoms with Gasteiger partial charge in [0.2, 0.25) is 0 Å². The van der Waals surface area contributed by atoms with Gasteiger partial charge in [0.15, 0.2) is 5.78 Å². The first-order valence-electron chi connectivity index (χ1n) is 4.19. The fourth-order valence-electron chi connectivity index (χ4n) is 0.741. The molecule has 0 N–H and O–H groups in total. The Bertz CT molecular complexity index is 136. The van der Waals surface area contributed by atoms with Crippen molar-refractivity contribution >= 4 is 5.78 Å². The van der Waals surface area contributed by atoms with Gasteiger partial charge in [0.05, 0.1) is 0 Å². The maximum absolute atomic E-state index is 10.8. The molecule has 0 atom stereocenters. The number of carbonyl (C=O) groups excluding carboxylic acids is 1. The van der Waals surface area contributed by atoms with E-state index in [2.05, 4.69) is 18.7 Å². The first-order valence-corrected chi connectivity index (χ1v) is 4.19. The number of nitrogens with zero attached hydrogens (tertiary/aromatic N) is 1. The third-order valence-electron chi connectivity index (χ3n) is 1.63. The van der Waals surface area contributed by atoms with Crippen LogP contribution in [-0.4, -0.2) is 23.8 Å². The molecule has 0 aliphatic heterocycles. The summed E-state index contributed by atoms with van der Waals surface area (Å²) in [5, 5.41) is 0. The largest absolute Gasteiger partial charge is 0.378 e. The first kappa shape index (κ1) is 10.2. The van der Waals surface area contributed by atoms with Gasteiger partial charge in [0.25, 0.3) is 0 Å². The highest BCUT2D eigenvalue weighted by Crippen LogP contribution is 1.90. The van der Waals surface area contributed by atoms with Crippen LogP contribution < -0.4 is 0 Å². The highest BCUT2D eigenvalue weighted by Gasteiger charge is 1.92. The molecule has 0 heterocycles. The molecule has 2 heteroatoms. The number of allylic oxidation sites excluding steroid dienone is 1. The molecule has 0 spiro atoms. The second kappa shape index (κ2) is 5.96. The zero-order valence-corrected chi connectivity index (χ0v) is 7.63. The van der Waals surface area contributed by atoms with Gasteiger partial charge in [-0.3, -0.25) is 4.79 Å². The molecule has 0 radical (unpaired) electrons. The summed E-state index contributed by atoms with van der Waals surface area (Å²) in [5.41, 5.74) is 0. The molecule has 11 heavy (non-hydrogen) atoms. The smallest absolute Gasteiger partial charge is 0.156 e. The van der Waals surface area contributed by atoms with Crippen molar-refractivity contribution in [3.05, 3.63) is 12.3 Å². The molecule has 0 rings (SSSR count). The SMILES string of the molecule is CCC(=O)C=CN(CC)CC. The van der Waals surface area contributed by atoms with Gasteiger partial charge in [-0.05, 0) is 19.9 Å². The van der Waals surface area contributed by atoms with Crippen LogP contribution >= 0.6 is 0 Å². The highest BCUT2D eigenvalue weighted by atomic mass is 16.1. The van der Waals surface area contributed by atoms with Crippen molar-refractivity contribution in [3.63, 3.8) is 0 Å². The van der Waals surface area contributed by atoms with Crippen LogP contribution in [0.2, 0.25) is 0 Å². The Morgan fingerprint density at radius 2 is 1.82 bits per heavy atom. The van der Waals surface area contributed by atoms with Crippen LogP contribution in [0, 0.1) is 0 Å². The Balaban J connectivity index is 3.78. The van der Waals surface area contributed by atoms with Crippen molar-refractivity contribution in [1.82, 2.24) is 4.90 Å². The molecule has 0 saturated heterocycles. The topological polar surface area (TPSA) is 20.3 Å². The van der Waals surface area contributed by atoms with Crippen LogP contribution in [-0.2, 0) is 4.79 Å². The molecule has 0 aromatic rings. The van der Waals surface area contributed by atoms with Gasteiger partial charge in [0, 0.05) is 25.7 Å². The molecular formula is C9H17NO. The van der Waals surface area contributed by atoms with E-state index in [1.807, 2.05) is 13.1 Å². The Labute approximate surface area is 68.9 Å². The lowest BCUT2D eigenvalue weighted by molar-refractivity contribution is -0.114. The van der Waals surface area contributed by atoms with Gasteiger partial charge < -0.3 is 4.90 Å². The highest BCUT2D eigenvalue weighted by molar-refractivity contribution is 5.89. The predicted molar refractivity (Wildman–Crippen MR) is 47.4 cm³/mol. The fraction of sp³-hybridized carbons (Fsp3) is 0.667. The van der Waals surface area contributed by atoms with Crippen molar-refractivity contribution in [3.8, 4) is 0 Å². The van der Waals surface area contributed by atoms with Crippen molar-refractivity contribution in [1.29, 1.82) is 0 Å². The fourth-order valence-corrected chi connectivity index (χ4v) is 0.741. The van der Waals surface area contributed by atoms with Crippen molar-refractivity contribution in [2.24, 2.45) is 0 Å². The maximum Gasteiger partial charge on any atom is 0.156 e. The van der Waals surface area contributed by atoms with Gasteiger partial charge in [-0.15, -0.1) is 0 Å². The minimum absolute atomic E-state index is 0.192. The van der Waals surface area contributed by atoms with E-state index in [1.54, 1.807) is 6.08 Å². The molecule has 2 nitrogen and oxygen atoms in total. The summed E-state index contributed by atoms with van der Waals surface area (Å²) in [6.07, 6.45) is 4.11. The summed E-state index contributed by atoms with van der Waals surface area (Å²) < 4.78 is 0. The van der Waals surface area contributed by atoms with E-state index in [9.17, 15) is 4.79 Å². The Kier molecular flexibility index (Phi) is 5.53. The summed E-state index contributed by atoms with van der Waals surface area (Å²) in [6.45, 7) is 7.94. The van der Waals surface area contributed by atoms with Crippen LogP contribution in [0.5, 0.6) is 0 Å². The minimum atomic E-state index is 0.192. The van der Waals surface area contributed by atoms with E-state index in [0.717, 1.165) is 13.1 Å². The van der Waals surface area contributed by atoms with Gasteiger partial charge in [0.1, 0.15) is 0 Å². The van der Waals surface area contributed by atoms with E-state index >= 15 is 0 Å². The lowest BCUT2D eigenvalue weighted by atomic mass is 10.3. The number of carbonyl (C=O) groups is 1. The molecule has 0 fully saturated rings. The Hall–Kier alpha value is -0.790. The number of hydrogen-bond acceptors (Lipinski definition) is 2. The van der Waals surface area contributed by atoms with Crippen LogP contribution in [0.4, 0.5) is 0 Å². The van der Waals surface area contributed by atoms with Crippen molar-refractivity contribution < 1.29 is 4.79 Å². The van der Waals surface area contributed by atoms with Gasteiger partial charge in [-0.25, -0.2) is 0 Å². The van der Waals surface area contributed by atoms with E-state index in [1.165, 1.54) is 0 Å². The van der Waals surface area contributed by atoms with E-state index in [4.69, 9.17) is 0 Å². The third kappa shape index (κ3) is 4.59. The van der Waals surface area contributed by atoms with E-state index < -0.39 is 0 Å². The molecule has 0 aliphatic rings. The quantitative estimate of drug-likeness (QED) is 0.564.